The van der Waals surface area contributed by atoms with Crippen molar-refractivity contribution in [1.82, 2.24) is 5.32 Å². The Kier molecular flexibility index (Phi) is 9.19. The summed E-state index contributed by atoms with van der Waals surface area (Å²) in [5, 5.41) is 5.95. The highest BCUT2D eigenvalue weighted by atomic mass is 32.1. The third kappa shape index (κ3) is 6.58. The monoisotopic (exact) mass is 281 g/mol. The Hall–Kier alpha value is -0.340. The number of unbranched alkanes of at least 4 members (excludes halogenated alkanes) is 5. The Labute approximate surface area is 123 Å². The first kappa shape index (κ1) is 16.7. The maximum atomic E-state index is 3.72. The van der Waals surface area contributed by atoms with E-state index in [9.17, 15) is 0 Å². The van der Waals surface area contributed by atoms with Crippen molar-refractivity contribution in [2.75, 3.05) is 6.54 Å². The molecule has 0 spiro atoms. The molecule has 1 nitrogen and oxygen atoms in total. The molecule has 0 fully saturated rings. The number of thiophene rings is 1. The summed E-state index contributed by atoms with van der Waals surface area (Å²) >= 11 is 1.88. The second-order valence-corrected chi connectivity index (χ2v) is 6.62. The van der Waals surface area contributed by atoms with Gasteiger partial charge in [-0.1, -0.05) is 52.4 Å². The van der Waals surface area contributed by atoms with Gasteiger partial charge in [-0.05, 0) is 43.3 Å². The number of rotatable bonds is 11. The van der Waals surface area contributed by atoms with E-state index in [2.05, 4.69) is 37.5 Å². The minimum atomic E-state index is 0.581. The summed E-state index contributed by atoms with van der Waals surface area (Å²) in [4.78, 5) is 1.49. The van der Waals surface area contributed by atoms with Crippen LogP contribution in [0.4, 0.5) is 0 Å². The van der Waals surface area contributed by atoms with Gasteiger partial charge in [-0.3, -0.25) is 0 Å². The predicted molar refractivity (Wildman–Crippen MR) is 88.1 cm³/mol. The highest BCUT2D eigenvalue weighted by Gasteiger charge is 2.13. The van der Waals surface area contributed by atoms with Gasteiger partial charge in [-0.2, -0.15) is 0 Å². The van der Waals surface area contributed by atoms with Crippen LogP contribution in [0.25, 0.3) is 0 Å². The highest BCUT2D eigenvalue weighted by molar-refractivity contribution is 7.10. The molecule has 1 atom stereocenters. The maximum absolute atomic E-state index is 3.72. The predicted octanol–water partition coefficient (Wildman–Crippen LogP) is 5.85. The van der Waals surface area contributed by atoms with Gasteiger partial charge in [0.05, 0.1) is 0 Å². The second-order valence-electron chi connectivity index (χ2n) is 5.50. The van der Waals surface area contributed by atoms with Gasteiger partial charge in [0.25, 0.3) is 0 Å². The first-order valence-electron chi connectivity index (χ1n) is 8.07. The molecule has 0 saturated carbocycles. The summed E-state index contributed by atoms with van der Waals surface area (Å²) in [6.45, 7) is 7.91. The summed E-state index contributed by atoms with van der Waals surface area (Å²) in [5.74, 6) is 0. The Balaban J connectivity index is 2.32. The van der Waals surface area contributed by atoms with E-state index < -0.39 is 0 Å². The van der Waals surface area contributed by atoms with Gasteiger partial charge >= 0.3 is 0 Å². The van der Waals surface area contributed by atoms with Gasteiger partial charge < -0.3 is 5.32 Å². The molecule has 0 saturated heterocycles. The van der Waals surface area contributed by atoms with Crippen LogP contribution in [0.1, 0.15) is 81.7 Å². The van der Waals surface area contributed by atoms with E-state index in [4.69, 9.17) is 0 Å². The Bertz CT molecular complexity index is 319. The second kappa shape index (κ2) is 10.4. The number of aryl methyl sites for hydroxylation is 1. The summed E-state index contributed by atoms with van der Waals surface area (Å²) in [6.07, 6.45) is 10.8. The SMILES string of the molecule is CCCCCCCCC(NCCC)c1ccsc1C. The molecule has 110 valence electrons. The lowest BCUT2D eigenvalue weighted by Gasteiger charge is -2.18. The molecule has 19 heavy (non-hydrogen) atoms. The topological polar surface area (TPSA) is 12.0 Å². The van der Waals surface area contributed by atoms with Gasteiger partial charge in [0.2, 0.25) is 0 Å². The third-order valence-corrected chi connectivity index (χ3v) is 4.62. The van der Waals surface area contributed by atoms with Crippen LogP contribution in [0, 0.1) is 6.92 Å². The van der Waals surface area contributed by atoms with Crippen molar-refractivity contribution in [3.05, 3.63) is 21.9 Å². The van der Waals surface area contributed by atoms with Crippen LogP contribution in [0.5, 0.6) is 0 Å². The maximum Gasteiger partial charge on any atom is 0.0331 e. The molecule has 1 heterocycles. The molecular formula is C17H31NS. The standard InChI is InChI=1S/C17H31NS/c1-4-6-7-8-9-10-11-17(18-13-5-2)16-12-14-19-15(16)3/h12,14,17-18H,4-11,13H2,1-3H3. The molecule has 0 aliphatic rings. The van der Waals surface area contributed by atoms with Crippen molar-refractivity contribution in [3.8, 4) is 0 Å². The smallest absolute Gasteiger partial charge is 0.0331 e. The fraction of sp³-hybridized carbons (Fsp3) is 0.765. The Morgan fingerprint density at radius 1 is 1.05 bits per heavy atom. The van der Waals surface area contributed by atoms with E-state index in [-0.39, 0.29) is 0 Å². The Morgan fingerprint density at radius 3 is 2.42 bits per heavy atom. The quantitative estimate of drug-likeness (QED) is 0.502. The van der Waals surface area contributed by atoms with Crippen molar-refractivity contribution in [2.24, 2.45) is 0 Å². The zero-order valence-corrected chi connectivity index (χ0v) is 13.8. The van der Waals surface area contributed by atoms with E-state index >= 15 is 0 Å². The summed E-state index contributed by atoms with van der Waals surface area (Å²) in [5.41, 5.74) is 1.53. The molecule has 1 unspecified atom stereocenters. The Morgan fingerprint density at radius 2 is 1.79 bits per heavy atom. The van der Waals surface area contributed by atoms with E-state index in [0.717, 1.165) is 6.54 Å². The van der Waals surface area contributed by atoms with Crippen LogP contribution < -0.4 is 5.32 Å². The van der Waals surface area contributed by atoms with Crippen LogP contribution in [0.3, 0.4) is 0 Å². The summed E-state index contributed by atoms with van der Waals surface area (Å²) in [7, 11) is 0. The van der Waals surface area contributed by atoms with Crippen LogP contribution in [-0.4, -0.2) is 6.54 Å². The fourth-order valence-electron chi connectivity index (χ4n) is 2.57. The minimum absolute atomic E-state index is 0.581. The van der Waals surface area contributed by atoms with Crippen LogP contribution >= 0.6 is 11.3 Å². The number of nitrogens with one attached hydrogen (secondary N) is 1. The van der Waals surface area contributed by atoms with Gasteiger partial charge in [0, 0.05) is 10.9 Å². The van der Waals surface area contributed by atoms with E-state index in [1.807, 2.05) is 11.3 Å². The molecule has 0 radical (unpaired) electrons. The third-order valence-electron chi connectivity index (χ3n) is 3.76. The minimum Gasteiger partial charge on any atom is -0.310 e. The van der Waals surface area contributed by atoms with Crippen molar-refractivity contribution >= 4 is 11.3 Å². The van der Waals surface area contributed by atoms with Crippen LogP contribution in [0.2, 0.25) is 0 Å². The molecule has 2 heteroatoms. The van der Waals surface area contributed by atoms with Gasteiger partial charge in [0.1, 0.15) is 0 Å². The van der Waals surface area contributed by atoms with Crippen molar-refractivity contribution in [1.29, 1.82) is 0 Å². The van der Waals surface area contributed by atoms with E-state index in [1.54, 1.807) is 0 Å². The molecular weight excluding hydrogens is 250 g/mol. The molecule has 0 aromatic carbocycles. The van der Waals surface area contributed by atoms with Crippen molar-refractivity contribution in [3.63, 3.8) is 0 Å². The largest absolute Gasteiger partial charge is 0.310 e. The zero-order valence-electron chi connectivity index (χ0n) is 13.0. The van der Waals surface area contributed by atoms with Crippen molar-refractivity contribution in [2.45, 2.75) is 78.2 Å². The molecule has 1 rings (SSSR count). The summed E-state index contributed by atoms with van der Waals surface area (Å²) < 4.78 is 0. The average Bonchev–Trinajstić information content (AvgIpc) is 2.83. The lowest BCUT2D eigenvalue weighted by molar-refractivity contribution is 0.466. The molecule has 0 amide bonds. The lowest BCUT2D eigenvalue weighted by atomic mass is 10.00. The van der Waals surface area contributed by atoms with Gasteiger partial charge in [-0.15, -0.1) is 11.3 Å². The van der Waals surface area contributed by atoms with E-state index in [0.29, 0.717) is 6.04 Å². The zero-order chi connectivity index (χ0) is 13.9. The molecule has 0 aliphatic heterocycles. The van der Waals surface area contributed by atoms with E-state index in [1.165, 1.54) is 61.8 Å². The van der Waals surface area contributed by atoms with Crippen LogP contribution in [-0.2, 0) is 0 Å². The lowest BCUT2D eigenvalue weighted by Crippen LogP contribution is -2.22. The van der Waals surface area contributed by atoms with Gasteiger partial charge in [0.15, 0.2) is 0 Å². The molecule has 1 aromatic heterocycles. The average molecular weight is 282 g/mol. The van der Waals surface area contributed by atoms with Gasteiger partial charge in [-0.25, -0.2) is 0 Å². The first-order valence-corrected chi connectivity index (χ1v) is 8.94. The highest BCUT2D eigenvalue weighted by Crippen LogP contribution is 2.26. The first-order chi connectivity index (χ1) is 9.29. The van der Waals surface area contributed by atoms with Crippen LogP contribution in [0.15, 0.2) is 11.4 Å². The fourth-order valence-corrected chi connectivity index (χ4v) is 3.34. The molecule has 1 aromatic rings. The number of hydrogen-bond donors (Lipinski definition) is 1. The van der Waals surface area contributed by atoms with Crippen molar-refractivity contribution < 1.29 is 0 Å². The molecule has 0 aliphatic carbocycles. The molecule has 1 N–H and O–H groups in total. The number of hydrogen-bond acceptors (Lipinski definition) is 2. The normalized spacial score (nSPS) is 12.8. The summed E-state index contributed by atoms with van der Waals surface area (Å²) in [6, 6.07) is 2.89. The molecule has 0 bridgehead atoms.